The number of nitrogens with one attached hydrogen (secondary N) is 1. The lowest BCUT2D eigenvalue weighted by molar-refractivity contribution is 0.0941. The number of aryl methyl sites for hydroxylation is 1. The van der Waals surface area contributed by atoms with Crippen molar-refractivity contribution in [3.63, 3.8) is 0 Å². The average molecular weight is 380 g/mol. The van der Waals surface area contributed by atoms with Gasteiger partial charge in [0.15, 0.2) is 0 Å². The number of hydrogen-bond acceptors (Lipinski definition) is 5. The lowest BCUT2D eigenvalue weighted by atomic mass is 9.98. The monoisotopic (exact) mass is 380 g/mol. The minimum absolute atomic E-state index is 0.169. The molecule has 1 aliphatic heterocycles. The lowest BCUT2D eigenvalue weighted by Gasteiger charge is -2.30. The highest BCUT2D eigenvalue weighted by molar-refractivity contribution is 7.89. The van der Waals surface area contributed by atoms with Crippen molar-refractivity contribution >= 4 is 15.9 Å². The van der Waals surface area contributed by atoms with E-state index in [4.69, 9.17) is 4.42 Å². The molecule has 3 rings (SSSR count). The van der Waals surface area contributed by atoms with E-state index < -0.39 is 10.0 Å². The number of sulfonamides is 1. The van der Waals surface area contributed by atoms with E-state index in [1.54, 1.807) is 16.9 Å². The zero-order chi connectivity index (χ0) is 18.6. The van der Waals surface area contributed by atoms with Crippen molar-refractivity contribution in [2.75, 3.05) is 19.6 Å². The molecule has 8 nitrogen and oxygen atoms in total. The van der Waals surface area contributed by atoms with Crippen molar-refractivity contribution in [1.82, 2.24) is 19.4 Å². The second-order valence-corrected chi connectivity index (χ2v) is 8.45. The summed E-state index contributed by atoms with van der Waals surface area (Å²) in [5, 5.41) is 6.99. The molecule has 1 N–H and O–H groups in total. The van der Waals surface area contributed by atoms with Gasteiger partial charge in [0.05, 0.1) is 18.0 Å². The molecule has 26 heavy (non-hydrogen) atoms. The summed E-state index contributed by atoms with van der Waals surface area (Å²) in [5.74, 6) is 0.0947. The Kier molecular flexibility index (Phi) is 5.77. The second kappa shape index (κ2) is 8.05. The van der Waals surface area contributed by atoms with Crippen LogP contribution < -0.4 is 5.32 Å². The minimum atomic E-state index is -3.50. The molecule has 1 amide bonds. The Morgan fingerprint density at radius 3 is 2.81 bits per heavy atom. The van der Waals surface area contributed by atoms with E-state index in [0.29, 0.717) is 44.6 Å². The molecule has 2 aromatic heterocycles. The lowest BCUT2D eigenvalue weighted by Crippen LogP contribution is -2.41. The number of rotatable bonds is 7. The molecule has 0 bridgehead atoms. The van der Waals surface area contributed by atoms with Crippen molar-refractivity contribution in [1.29, 1.82) is 0 Å². The molecule has 0 radical (unpaired) electrons. The Morgan fingerprint density at radius 1 is 1.38 bits per heavy atom. The largest absolute Gasteiger partial charge is 0.472 e. The van der Waals surface area contributed by atoms with Crippen LogP contribution >= 0.6 is 0 Å². The van der Waals surface area contributed by atoms with Gasteiger partial charge >= 0.3 is 0 Å². The van der Waals surface area contributed by atoms with Crippen LogP contribution in [0.2, 0.25) is 0 Å². The summed E-state index contributed by atoms with van der Waals surface area (Å²) in [5.41, 5.74) is 0.495. The van der Waals surface area contributed by atoms with Gasteiger partial charge in [-0.15, -0.1) is 0 Å². The maximum Gasteiger partial charge on any atom is 0.254 e. The number of furan rings is 1. The summed E-state index contributed by atoms with van der Waals surface area (Å²) in [6, 6.07) is 1.61. The van der Waals surface area contributed by atoms with E-state index in [1.807, 2.05) is 6.92 Å². The Bertz CT molecular complexity index is 821. The van der Waals surface area contributed by atoms with E-state index in [2.05, 4.69) is 10.4 Å². The maximum atomic E-state index is 12.7. The van der Waals surface area contributed by atoms with Gasteiger partial charge in [-0.05, 0) is 31.2 Å². The number of carbonyl (C=O) groups is 1. The fourth-order valence-electron chi connectivity index (χ4n) is 3.06. The minimum Gasteiger partial charge on any atom is -0.472 e. The van der Waals surface area contributed by atoms with Crippen molar-refractivity contribution in [2.45, 2.75) is 37.6 Å². The van der Waals surface area contributed by atoms with Gasteiger partial charge in [0.1, 0.15) is 11.2 Å². The highest BCUT2D eigenvalue weighted by Gasteiger charge is 2.30. The van der Waals surface area contributed by atoms with Crippen molar-refractivity contribution in [3.05, 3.63) is 36.5 Å². The molecule has 3 heterocycles. The Hall–Kier alpha value is -2.13. The average Bonchev–Trinajstić information content (AvgIpc) is 3.32. The Balaban J connectivity index is 1.51. The molecule has 0 spiro atoms. The number of aromatic nitrogens is 2. The summed E-state index contributed by atoms with van der Waals surface area (Å²) in [6.07, 6.45) is 8.21. The van der Waals surface area contributed by atoms with Crippen LogP contribution in [0.5, 0.6) is 0 Å². The first-order valence-electron chi connectivity index (χ1n) is 8.83. The van der Waals surface area contributed by atoms with Gasteiger partial charge < -0.3 is 9.73 Å². The van der Waals surface area contributed by atoms with Gasteiger partial charge in [0, 0.05) is 32.4 Å². The first-order chi connectivity index (χ1) is 12.5. The van der Waals surface area contributed by atoms with Crippen LogP contribution in [0.15, 0.2) is 40.3 Å². The predicted octanol–water partition coefficient (Wildman–Crippen LogP) is 1.72. The first-order valence-corrected chi connectivity index (χ1v) is 10.3. The molecule has 0 aliphatic carbocycles. The van der Waals surface area contributed by atoms with Crippen LogP contribution in [-0.2, 0) is 16.6 Å². The fourth-order valence-corrected chi connectivity index (χ4v) is 4.49. The molecule has 1 fully saturated rings. The maximum absolute atomic E-state index is 12.7. The molecule has 1 saturated heterocycles. The van der Waals surface area contributed by atoms with Gasteiger partial charge in [-0.2, -0.15) is 9.40 Å². The topological polar surface area (TPSA) is 97.4 Å². The summed E-state index contributed by atoms with van der Waals surface area (Å²) < 4.78 is 33.5. The third-order valence-electron chi connectivity index (χ3n) is 4.61. The van der Waals surface area contributed by atoms with E-state index in [1.165, 1.54) is 23.0 Å². The Labute approximate surface area is 153 Å². The number of amides is 1. The summed E-state index contributed by atoms with van der Waals surface area (Å²) in [6.45, 7) is 4.16. The van der Waals surface area contributed by atoms with Gasteiger partial charge in [0.2, 0.25) is 10.0 Å². The van der Waals surface area contributed by atoms with Crippen molar-refractivity contribution in [3.8, 4) is 0 Å². The van der Waals surface area contributed by atoms with E-state index in [0.717, 1.165) is 6.42 Å². The summed E-state index contributed by atoms with van der Waals surface area (Å²) in [7, 11) is -3.50. The first kappa shape index (κ1) is 18.7. The normalized spacial score (nSPS) is 16.7. The molecule has 0 unspecified atom stereocenters. The highest BCUT2D eigenvalue weighted by Crippen LogP contribution is 2.23. The molecule has 142 valence electrons. The molecular formula is C17H24N4O4S. The summed E-state index contributed by atoms with van der Waals surface area (Å²) in [4.78, 5) is 12.2. The zero-order valence-corrected chi connectivity index (χ0v) is 15.6. The number of nitrogens with zero attached hydrogens (tertiary/aromatic N) is 3. The zero-order valence-electron chi connectivity index (χ0n) is 14.8. The third-order valence-corrected chi connectivity index (χ3v) is 6.46. The standard InChI is InChI=1S/C17H24N4O4S/c1-2-6-20-12-16(11-19-20)26(23,24)21-7-3-14(4-8-21)10-18-17(22)15-5-9-25-13-15/h5,9,11-14H,2-4,6-8,10H2,1H3,(H,18,22). The van der Waals surface area contributed by atoms with Crippen LogP contribution in [-0.4, -0.2) is 48.0 Å². The summed E-state index contributed by atoms with van der Waals surface area (Å²) >= 11 is 0. The third kappa shape index (κ3) is 4.16. The number of hydrogen-bond donors (Lipinski definition) is 1. The second-order valence-electron chi connectivity index (χ2n) is 6.51. The van der Waals surface area contributed by atoms with E-state index in [9.17, 15) is 13.2 Å². The molecular weight excluding hydrogens is 356 g/mol. The van der Waals surface area contributed by atoms with Crippen molar-refractivity contribution < 1.29 is 17.6 Å². The van der Waals surface area contributed by atoms with Gasteiger partial charge in [-0.25, -0.2) is 8.42 Å². The van der Waals surface area contributed by atoms with Gasteiger partial charge in [0.25, 0.3) is 5.91 Å². The molecule has 0 saturated carbocycles. The molecule has 0 atom stereocenters. The van der Waals surface area contributed by atoms with Crippen LogP contribution in [0.1, 0.15) is 36.5 Å². The Morgan fingerprint density at radius 2 is 2.15 bits per heavy atom. The van der Waals surface area contributed by atoms with Crippen LogP contribution in [0.3, 0.4) is 0 Å². The van der Waals surface area contributed by atoms with Gasteiger partial charge in [-0.1, -0.05) is 6.92 Å². The smallest absolute Gasteiger partial charge is 0.254 e. The van der Waals surface area contributed by atoms with Crippen LogP contribution in [0.25, 0.3) is 0 Å². The van der Waals surface area contributed by atoms with Crippen molar-refractivity contribution in [2.24, 2.45) is 5.92 Å². The fraction of sp³-hybridized carbons (Fsp3) is 0.529. The van der Waals surface area contributed by atoms with Gasteiger partial charge in [-0.3, -0.25) is 9.48 Å². The van der Waals surface area contributed by atoms with E-state index in [-0.39, 0.29) is 16.7 Å². The van der Waals surface area contributed by atoms with Crippen LogP contribution in [0, 0.1) is 5.92 Å². The SMILES string of the molecule is CCCn1cc(S(=O)(=O)N2CCC(CNC(=O)c3ccoc3)CC2)cn1. The molecule has 1 aliphatic rings. The number of carbonyl (C=O) groups excluding carboxylic acids is 1. The van der Waals surface area contributed by atoms with E-state index >= 15 is 0 Å². The number of piperidine rings is 1. The molecule has 0 aromatic carbocycles. The van der Waals surface area contributed by atoms with Crippen LogP contribution in [0.4, 0.5) is 0 Å². The predicted molar refractivity (Wildman–Crippen MR) is 95.0 cm³/mol. The molecule has 2 aromatic rings. The highest BCUT2D eigenvalue weighted by atomic mass is 32.2. The quantitative estimate of drug-likeness (QED) is 0.789. The molecule has 9 heteroatoms.